The molecule has 0 bridgehead atoms. The summed E-state index contributed by atoms with van der Waals surface area (Å²) in [5, 5.41) is -0.957. The molecule has 0 aromatic rings. The molecule has 0 aliphatic carbocycles. The Balaban J connectivity index is 2.62. The van der Waals surface area contributed by atoms with Crippen molar-refractivity contribution in [3.63, 3.8) is 0 Å². The third-order valence-electron chi connectivity index (χ3n) is 3.94. The molecule has 0 saturated carbocycles. The fourth-order valence-corrected chi connectivity index (χ4v) is 2.62. The van der Waals surface area contributed by atoms with Crippen LogP contribution < -0.4 is 5.73 Å². The molecule has 1 atom stereocenters. The highest BCUT2D eigenvalue weighted by Crippen LogP contribution is 2.16. The number of carbonyl (C=O) groups is 1. The van der Waals surface area contributed by atoms with Gasteiger partial charge >= 0.3 is 0 Å². The molecule has 1 aliphatic heterocycles. The minimum Gasteiger partial charge on any atom is -0.339 e. The molecule has 1 fully saturated rings. The minimum atomic E-state index is -3.32. The van der Waals surface area contributed by atoms with Crippen molar-refractivity contribution in [2.24, 2.45) is 5.73 Å². The van der Waals surface area contributed by atoms with Gasteiger partial charge in [-0.2, -0.15) is 0 Å². The van der Waals surface area contributed by atoms with E-state index in [0.29, 0.717) is 19.6 Å². The number of piperazine rings is 1. The molecule has 19 heavy (non-hydrogen) atoms. The lowest BCUT2D eigenvalue weighted by atomic mass is 10.0. The van der Waals surface area contributed by atoms with Gasteiger partial charge in [0.05, 0.1) is 0 Å². The van der Waals surface area contributed by atoms with Gasteiger partial charge in [0.25, 0.3) is 0 Å². The summed E-state index contributed by atoms with van der Waals surface area (Å²) in [7, 11) is -3.32. The zero-order valence-electron chi connectivity index (χ0n) is 12.2. The van der Waals surface area contributed by atoms with Gasteiger partial charge in [-0.3, -0.25) is 9.69 Å². The van der Waals surface area contributed by atoms with Gasteiger partial charge in [0.15, 0.2) is 9.84 Å². The Morgan fingerprint density at radius 1 is 1.26 bits per heavy atom. The molecular weight excluding hydrogens is 266 g/mol. The lowest BCUT2D eigenvalue weighted by molar-refractivity contribution is -0.133. The lowest BCUT2D eigenvalue weighted by Crippen LogP contribution is -2.59. The van der Waals surface area contributed by atoms with Crippen molar-refractivity contribution in [1.29, 1.82) is 0 Å². The molecule has 1 amide bonds. The summed E-state index contributed by atoms with van der Waals surface area (Å²) in [5.41, 5.74) is 5.65. The van der Waals surface area contributed by atoms with Gasteiger partial charge in [-0.1, -0.05) is 0 Å². The summed E-state index contributed by atoms with van der Waals surface area (Å²) < 4.78 is 22.8. The maximum atomic E-state index is 12.1. The largest absolute Gasteiger partial charge is 0.339 e. The Bertz CT molecular complexity index is 426. The number of nitrogens with two attached hydrogens (primary N) is 1. The summed E-state index contributed by atoms with van der Waals surface area (Å²) in [6.45, 7) is 8.73. The summed E-state index contributed by atoms with van der Waals surface area (Å²) >= 11 is 0. The number of nitrogens with zero attached hydrogens (tertiary/aromatic N) is 2. The molecule has 112 valence electrons. The Hall–Kier alpha value is -0.660. The van der Waals surface area contributed by atoms with Crippen LogP contribution in [0.15, 0.2) is 0 Å². The molecule has 1 heterocycles. The highest BCUT2D eigenvalue weighted by atomic mass is 32.2. The Labute approximate surface area is 115 Å². The van der Waals surface area contributed by atoms with Crippen molar-refractivity contribution in [2.75, 3.05) is 39.0 Å². The van der Waals surface area contributed by atoms with E-state index in [9.17, 15) is 13.2 Å². The monoisotopic (exact) mass is 291 g/mol. The van der Waals surface area contributed by atoms with Gasteiger partial charge in [-0.05, 0) is 20.8 Å². The SMILES string of the molecule is CC(C(=O)N1CCN(C(C)(C)CN)CC1)S(C)(=O)=O. The van der Waals surface area contributed by atoms with Gasteiger partial charge < -0.3 is 10.6 Å². The van der Waals surface area contributed by atoms with Crippen LogP contribution in [0.1, 0.15) is 20.8 Å². The molecule has 2 N–H and O–H groups in total. The van der Waals surface area contributed by atoms with Crippen molar-refractivity contribution in [1.82, 2.24) is 9.80 Å². The molecule has 1 aliphatic rings. The first-order valence-electron chi connectivity index (χ1n) is 6.52. The van der Waals surface area contributed by atoms with Gasteiger partial charge in [-0.15, -0.1) is 0 Å². The topological polar surface area (TPSA) is 83.7 Å². The quantitative estimate of drug-likeness (QED) is 0.740. The van der Waals surface area contributed by atoms with E-state index in [0.717, 1.165) is 19.3 Å². The molecule has 7 heteroatoms. The third kappa shape index (κ3) is 3.90. The van der Waals surface area contributed by atoms with Crippen molar-refractivity contribution in [3.05, 3.63) is 0 Å². The molecular formula is C12H25N3O3S. The average molecular weight is 291 g/mol. The van der Waals surface area contributed by atoms with E-state index in [4.69, 9.17) is 5.73 Å². The van der Waals surface area contributed by atoms with Crippen LogP contribution in [-0.2, 0) is 14.6 Å². The van der Waals surface area contributed by atoms with E-state index in [1.165, 1.54) is 6.92 Å². The zero-order chi connectivity index (χ0) is 14.8. The molecule has 1 unspecified atom stereocenters. The normalized spacial score (nSPS) is 20.4. The highest BCUT2D eigenvalue weighted by molar-refractivity contribution is 7.92. The first-order valence-corrected chi connectivity index (χ1v) is 8.48. The number of rotatable bonds is 4. The van der Waals surface area contributed by atoms with E-state index in [1.807, 2.05) is 0 Å². The van der Waals surface area contributed by atoms with Gasteiger partial charge in [0, 0.05) is 44.5 Å². The average Bonchev–Trinajstić information content (AvgIpc) is 2.36. The van der Waals surface area contributed by atoms with Crippen molar-refractivity contribution in [2.45, 2.75) is 31.6 Å². The standard InChI is InChI=1S/C12H25N3O3S/c1-10(19(4,17)18)11(16)14-5-7-15(8-6-14)12(2,3)9-13/h10H,5-9,13H2,1-4H3. The Morgan fingerprint density at radius 3 is 2.11 bits per heavy atom. The molecule has 0 aromatic heterocycles. The van der Waals surface area contributed by atoms with E-state index in [2.05, 4.69) is 18.7 Å². The summed E-state index contributed by atoms with van der Waals surface area (Å²) in [6.07, 6.45) is 1.10. The fourth-order valence-electron chi connectivity index (χ4n) is 2.10. The van der Waals surface area contributed by atoms with Crippen LogP contribution in [0.25, 0.3) is 0 Å². The Kier molecular flexibility index (Phi) is 4.97. The maximum Gasteiger partial charge on any atom is 0.240 e. The van der Waals surface area contributed by atoms with Gasteiger partial charge in [0.1, 0.15) is 5.25 Å². The van der Waals surface area contributed by atoms with Gasteiger partial charge in [0.2, 0.25) is 5.91 Å². The maximum absolute atomic E-state index is 12.1. The Morgan fingerprint density at radius 2 is 1.74 bits per heavy atom. The summed E-state index contributed by atoms with van der Waals surface area (Å²) in [4.78, 5) is 15.9. The number of hydrogen-bond acceptors (Lipinski definition) is 5. The van der Waals surface area contributed by atoms with Crippen molar-refractivity contribution < 1.29 is 13.2 Å². The van der Waals surface area contributed by atoms with Crippen LogP contribution in [0.4, 0.5) is 0 Å². The van der Waals surface area contributed by atoms with E-state index in [1.54, 1.807) is 4.90 Å². The second kappa shape index (κ2) is 5.76. The summed E-state index contributed by atoms with van der Waals surface area (Å²) in [6, 6.07) is 0. The third-order valence-corrected chi connectivity index (χ3v) is 5.42. The number of hydrogen-bond donors (Lipinski definition) is 1. The van der Waals surface area contributed by atoms with Crippen LogP contribution >= 0.6 is 0 Å². The first kappa shape index (κ1) is 16.4. The minimum absolute atomic E-state index is 0.0857. The van der Waals surface area contributed by atoms with Gasteiger partial charge in [-0.25, -0.2) is 8.42 Å². The second-order valence-corrected chi connectivity index (χ2v) is 8.17. The van der Waals surface area contributed by atoms with Crippen molar-refractivity contribution in [3.8, 4) is 0 Å². The molecule has 0 spiro atoms. The molecule has 1 rings (SSSR count). The predicted octanol–water partition coefficient (Wildman–Crippen LogP) is -0.699. The van der Waals surface area contributed by atoms with Crippen LogP contribution in [0.5, 0.6) is 0 Å². The van der Waals surface area contributed by atoms with Crippen LogP contribution in [0.3, 0.4) is 0 Å². The lowest BCUT2D eigenvalue weighted by Gasteiger charge is -2.43. The van der Waals surface area contributed by atoms with Crippen LogP contribution in [-0.4, -0.2) is 73.9 Å². The smallest absolute Gasteiger partial charge is 0.240 e. The number of carbonyl (C=O) groups excluding carboxylic acids is 1. The highest BCUT2D eigenvalue weighted by Gasteiger charge is 2.33. The summed E-state index contributed by atoms with van der Waals surface area (Å²) in [5.74, 6) is -0.298. The molecule has 0 aromatic carbocycles. The zero-order valence-corrected chi connectivity index (χ0v) is 13.0. The van der Waals surface area contributed by atoms with Crippen molar-refractivity contribution >= 4 is 15.7 Å². The molecule has 6 nitrogen and oxygen atoms in total. The predicted molar refractivity (Wildman–Crippen MR) is 75.6 cm³/mol. The number of amides is 1. The molecule has 1 saturated heterocycles. The second-order valence-electron chi connectivity index (χ2n) is 5.80. The molecule has 0 radical (unpaired) electrons. The van der Waals surface area contributed by atoms with E-state index in [-0.39, 0.29) is 11.4 Å². The van der Waals surface area contributed by atoms with Crippen LogP contribution in [0.2, 0.25) is 0 Å². The fraction of sp³-hybridized carbons (Fsp3) is 0.917. The van der Waals surface area contributed by atoms with E-state index < -0.39 is 15.1 Å². The number of sulfone groups is 1. The van der Waals surface area contributed by atoms with Crippen LogP contribution in [0, 0.1) is 0 Å². The van der Waals surface area contributed by atoms with E-state index >= 15 is 0 Å². The first-order chi connectivity index (χ1) is 8.59.